The van der Waals surface area contributed by atoms with E-state index in [1.807, 2.05) is 48.5 Å². The molecular formula is C19H17ClN2O3. The quantitative estimate of drug-likeness (QED) is 0.630. The van der Waals surface area contributed by atoms with E-state index in [0.717, 1.165) is 22.6 Å². The van der Waals surface area contributed by atoms with Gasteiger partial charge in [0, 0.05) is 11.1 Å². The zero-order chi connectivity index (χ0) is 17.8. The van der Waals surface area contributed by atoms with Crippen LogP contribution in [-0.4, -0.2) is 31.3 Å². The van der Waals surface area contributed by atoms with Crippen molar-refractivity contribution in [1.82, 2.24) is 9.97 Å². The van der Waals surface area contributed by atoms with E-state index in [9.17, 15) is 0 Å². The number of halogens is 1. The van der Waals surface area contributed by atoms with Crippen LogP contribution < -0.4 is 14.2 Å². The maximum Gasteiger partial charge on any atom is 0.223 e. The first-order valence-corrected chi connectivity index (χ1v) is 7.94. The molecule has 0 N–H and O–H groups in total. The molecule has 0 bridgehead atoms. The number of nitrogens with zero attached hydrogens (tertiary/aromatic N) is 2. The number of ether oxygens (including phenoxy) is 3. The monoisotopic (exact) mass is 356 g/mol. The van der Waals surface area contributed by atoms with Crippen molar-refractivity contribution in [3.63, 3.8) is 0 Å². The normalized spacial score (nSPS) is 10.4. The van der Waals surface area contributed by atoms with Crippen molar-refractivity contribution in [3.05, 3.63) is 53.8 Å². The van der Waals surface area contributed by atoms with Gasteiger partial charge in [0.05, 0.1) is 32.7 Å². The molecule has 0 amide bonds. The van der Waals surface area contributed by atoms with Crippen LogP contribution in [0.4, 0.5) is 0 Å². The Labute approximate surface area is 151 Å². The summed E-state index contributed by atoms with van der Waals surface area (Å²) in [7, 11) is 4.82. The van der Waals surface area contributed by atoms with Crippen LogP contribution in [0.1, 0.15) is 0 Å². The fourth-order valence-electron chi connectivity index (χ4n) is 2.47. The molecule has 6 heteroatoms. The van der Waals surface area contributed by atoms with Gasteiger partial charge < -0.3 is 14.2 Å². The lowest BCUT2D eigenvalue weighted by atomic mass is 10.1. The number of methoxy groups -OCH3 is 3. The smallest absolute Gasteiger partial charge is 0.223 e. The van der Waals surface area contributed by atoms with Crippen LogP contribution in [0.5, 0.6) is 17.2 Å². The predicted molar refractivity (Wildman–Crippen MR) is 97.6 cm³/mol. The van der Waals surface area contributed by atoms with Crippen LogP contribution in [0, 0.1) is 0 Å². The minimum atomic E-state index is 0.179. The van der Waals surface area contributed by atoms with Crippen molar-refractivity contribution >= 4 is 11.6 Å². The molecule has 0 aliphatic heterocycles. The van der Waals surface area contributed by atoms with Gasteiger partial charge in [0.15, 0.2) is 11.5 Å². The zero-order valence-electron chi connectivity index (χ0n) is 14.1. The van der Waals surface area contributed by atoms with Gasteiger partial charge >= 0.3 is 0 Å². The highest BCUT2D eigenvalue weighted by Crippen LogP contribution is 2.33. The first-order valence-electron chi connectivity index (χ1n) is 7.56. The molecule has 5 nitrogen and oxygen atoms in total. The molecule has 0 saturated heterocycles. The van der Waals surface area contributed by atoms with Crippen LogP contribution >= 0.6 is 11.6 Å². The van der Waals surface area contributed by atoms with Crippen LogP contribution in [0.25, 0.3) is 22.5 Å². The molecule has 0 aliphatic carbocycles. The average molecular weight is 357 g/mol. The molecule has 2 aromatic carbocycles. The summed E-state index contributed by atoms with van der Waals surface area (Å²) in [6, 6.07) is 15.1. The van der Waals surface area contributed by atoms with Gasteiger partial charge in [-0.1, -0.05) is 0 Å². The average Bonchev–Trinajstić information content (AvgIpc) is 2.67. The van der Waals surface area contributed by atoms with E-state index in [1.165, 1.54) is 0 Å². The van der Waals surface area contributed by atoms with E-state index in [1.54, 1.807) is 21.3 Å². The summed E-state index contributed by atoms with van der Waals surface area (Å²) in [6.07, 6.45) is 0. The van der Waals surface area contributed by atoms with Gasteiger partial charge in [-0.25, -0.2) is 9.97 Å². The molecule has 3 rings (SSSR count). The van der Waals surface area contributed by atoms with E-state index in [0.29, 0.717) is 17.2 Å². The third-order valence-corrected chi connectivity index (χ3v) is 3.93. The molecule has 1 aromatic heterocycles. The van der Waals surface area contributed by atoms with E-state index in [2.05, 4.69) is 9.97 Å². The molecule has 3 aromatic rings. The molecule has 0 saturated carbocycles. The highest BCUT2D eigenvalue weighted by molar-refractivity contribution is 6.28. The lowest BCUT2D eigenvalue weighted by Crippen LogP contribution is -1.94. The maximum absolute atomic E-state index is 6.14. The molecule has 0 aliphatic rings. The summed E-state index contributed by atoms with van der Waals surface area (Å²) in [6.45, 7) is 0. The van der Waals surface area contributed by atoms with Crippen molar-refractivity contribution in [3.8, 4) is 39.8 Å². The van der Waals surface area contributed by atoms with Crippen molar-refractivity contribution in [2.75, 3.05) is 21.3 Å². The van der Waals surface area contributed by atoms with E-state index < -0.39 is 0 Å². The zero-order valence-corrected chi connectivity index (χ0v) is 14.9. The van der Waals surface area contributed by atoms with Crippen molar-refractivity contribution in [2.24, 2.45) is 0 Å². The second-order valence-electron chi connectivity index (χ2n) is 5.21. The Kier molecular flexibility index (Phi) is 5.05. The van der Waals surface area contributed by atoms with E-state index in [4.69, 9.17) is 25.8 Å². The Bertz CT molecular complexity index is 882. The number of hydrogen-bond acceptors (Lipinski definition) is 5. The summed E-state index contributed by atoms with van der Waals surface area (Å²) >= 11 is 6.14. The summed E-state index contributed by atoms with van der Waals surface area (Å²) in [5.74, 6) is 2.06. The maximum atomic E-state index is 6.14. The highest BCUT2D eigenvalue weighted by atomic mass is 35.5. The van der Waals surface area contributed by atoms with Crippen LogP contribution in [-0.2, 0) is 0 Å². The largest absolute Gasteiger partial charge is 0.497 e. The number of rotatable bonds is 5. The molecular weight excluding hydrogens is 340 g/mol. The second-order valence-corrected chi connectivity index (χ2v) is 5.54. The van der Waals surface area contributed by atoms with Gasteiger partial charge in [0.2, 0.25) is 5.28 Å². The molecule has 0 fully saturated rings. The first-order chi connectivity index (χ1) is 12.1. The fourth-order valence-corrected chi connectivity index (χ4v) is 2.65. The summed E-state index contributed by atoms with van der Waals surface area (Å²) < 4.78 is 15.8. The van der Waals surface area contributed by atoms with Gasteiger partial charge in [-0.2, -0.15) is 0 Å². The summed E-state index contributed by atoms with van der Waals surface area (Å²) in [5.41, 5.74) is 3.21. The van der Waals surface area contributed by atoms with Gasteiger partial charge in [-0.05, 0) is 60.1 Å². The van der Waals surface area contributed by atoms with Crippen molar-refractivity contribution < 1.29 is 14.2 Å². The van der Waals surface area contributed by atoms with Gasteiger partial charge in [0.1, 0.15) is 5.75 Å². The molecule has 25 heavy (non-hydrogen) atoms. The third kappa shape index (κ3) is 3.67. The molecule has 0 atom stereocenters. The fraction of sp³-hybridized carbons (Fsp3) is 0.158. The van der Waals surface area contributed by atoms with Crippen LogP contribution in [0.3, 0.4) is 0 Å². The van der Waals surface area contributed by atoms with Crippen LogP contribution in [0.15, 0.2) is 48.5 Å². The SMILES string of the molecule is COc1ccc(-c2cc(-c3ccc(OC)c(OC)c3)nc(Cl)n2)cc1. The van der Waals surface area contributed by atoms with E-state index >= 15 is 0 Å². The number of hydrogen-bond donors (Lipinski definition) is 0. The molecule has 0 spiro atoms. The third-order valence-electron chi connectivity index (χ3n) is 3.76. The second kappa shape index (κ2) is 7.40. The topological polar surface area (TPSA) is 53.5 Å². The summed E-state index contributed by atoms with van der Waals surface area (Å²) in [5, 5.41) is 0.179. The Morgan fingerprint density at radius 3 is 1.88 bits per heavy atom. The van der Waals surface area contributed by atoms with E-state index in [-0.39, 0.29) is 5.28 Å². The lowest BCUT2D eigenvalue weighted by molar-refractivity contribution is 0.355. The van der Waals surface area contributed by atoms with Gasteiger partial charge in [0.25, 0.3) is 0 Å². The van der Waals surface area contributed by atoms with Crippen LogP contribution in [0.2, 0.25) is 5.28 Å². The Morgan fingerprint density at radius 1 is 0.680 bits per heavy atom. The number of benzene rings is 2. The van der Waals surface area contributed by atoms with Crippen molar-refractivity contribution in [2.45, 2.75) is 0 Å². The summed E-state index contributed by atoms with van der Waals surface area (Å²) in [4.78, 5) is 8.65. The Balaban J connectivity index is 2.04. The molecule has 0 radical (unpaired) electrons. The van der Waals surface area contributed by atoms with Gasteiger partial charge in [-0.15, -0.1) is 0 Å². The Morgan fingerprint density at radius 2 is 1.28 bits per heavy atom. The molecule has 0 unspecified atom stereocenters. The number of aromatic nitrogens is 2. The van der Waals surface area contributed by atoms with Crippen molar-refractivity contribution in [1.29, 1.82) is 0 Å². The standard InChI is InChI=1S/C19H17ClN2O3/c1-23-14-7-4-12(5-8-14)15-11-16(22-19(20)21-15)13-6-9-17(24-2)18(10-13)25-3/h4-11H,1-3H3. The minimum absolute atomic E-state index is 0.179. The molecule has 1 heterocycles. The predicted octanol–water partition coefficient (Wildman–Crippen LogP) is 4.49. The first kappa shape index (κ1) is 17.0. The Hall–Kier alpha value is -2.79. The van der Waals surface area contributed by atoms with Gasteiger partial charge in [-0.3, -0.25) is 0 Å². The highest BCUT2D eigenvalue weighted by Gasteiger charge is 2.11. The lowest BCUT2D eigenvalue weighted by Gasteiger charge is -2.10. The molecule has 128 valence electrons. The minimum Gasteiger partial charge on any atom is -0.497 e.